The number of halogens is 1. The molecule has 2 aromatic heterocycles. The maximum Gasteiger partial charge on any atom is 0.245 e. The number of thioether (sulfide) groups is 1. The van der Waals surface area contributed by atoms with Gasteiger partial charge in [-0.05, 0) is 19.1 Å². The largest absolute Gasteiger partial charge is 0.479 e. The van der Waals surface area contributed by atoms with E-state index in [4.69, 9.17) is 16.3 Å². The molecule has 2 atom stereocenters. The van der Waals surface area contributed by atoms with Gasteiger partial charge in [-0.15, -0.1) is 11.6 Å². The molecule has 1 aliphatic heterocycles. The molecule has 19 heavy (non-hydrogen) atoms. The van der Waals surface area contributed by atoms with Crippen LogP contribution < -0.4 is 4.74 Å². The Bertz CT molecular complexity index is 595. The zero-order valence-electron chi connectivity index (χ0n) is 10.8. The average molecular weight is 299 g/mol. The number of alkyl halides is 1. The first-order valence-electron chi connectivity index (χ1n) is 6.21. The lowest BCUT2D eigenvalue weighted by Crippen LogP contribution is -2.12. The Labute approximate surface area is 120 Å². The Morgan fingerprint density at radius 1 is 1.53 bits per heavy atom. The van der Waals surface area contributed by atoms with Crippen molar-refractivity contribution >= 4 is 34.5 Å². The molecule has 0 bridgehead atoms. The first kappa shape index (κ1) is 13.0. The molecule has 0 spiro atoms. The predicted octanol–water partition coefficient (Wildman–Crippen LogP) is 2.81. The van der Waals surface area contributed by atoms with E-state index in [0.29, 0.717) is 17.4 Å². The molecule has 5 nitrogen and oxygen atoms in total. The van der Waals surface area contributed by atoms with E-state index in [1.165, 1.54) is 12.1 Å². The summed E-state index contributed by atoms with van der Waals surface area (Å²) >= 11 is 8.23. The number of hydrogen-bond acceptors (Lipinski definition) is 5. The van der Waals surface area contributed by atoms with Crippen LogP contribution in [0.15, 0.2) is 6.33 Å². The fraction of sp³-hybridized carbons (Fsp3) is 0.583. The Hall–Kier alpha value is -1.01. The van der Waals surface area contributed by atoms with Crippen LogP contribution in [0.2, 0.25) is 0 Å². The van der Waals surface area contributed by atoms with Crippen molar-refractivity contribution in [3.05, 3.63) is 12.2 Å². The van der Waals surface area contributed by atoms with Gasteiger partial charge in [-0.3, -0.25) is 0 Å². The molecule has 0 aromatic carbocycles. The van der Waals surface area contributed by atoms with Crippen LogP contribution in [0.25, 0.3) is 11.2 Å². The lowest BCUT2D eigenvalue weighted by Gasteiger charge is -2.15. The van der Waals surface area contributed by atoms with Crippen LogP contribution in [0.4, 0.5) is 0 Å². The van der Waals surface area contributed by atoms with Gasteiger partial charge in [0.2, 0.25) is 5.88 Å². The number of rotatable bonds is 3. The van der Waals surface area contributed by atoms with Crippen molar-refractivity contribution in [2.24, 2.45) is 0 Å². The third-order valence-corrected chi connectivity index (χ3v) is 4.63. The fourth-order valence-electron chi connectivity index (χ4n) is 2.42. The van der Waals surface area contributed by atoms with Crippen LogP contribution in [-0.2, 0) is 0 Å². The van der Waals surface area contributed by atoms with E-state index in [1.54, 1.807) is 7.11 Å². The highest BCUT2D eigenvalue weighted by Gasteiger charge is 2.26. The van der Waals surface area contributed by atoms with E-state index in [0.717, 1.165) is 23.6 Å². The molecule has 1 aliphatic rings. The molecule has 3 heterocycles. The number of imidazole rings is 1. The Morgan fingerprint density at radius 3 is 3.00 bits per heavy atom. The van der Waals surface area contributed by atoms with Crippen molar-refractivity contribution in [2.75, 3.05) is 18.6 Å². The molecule has 0 N–H and O–H groups in total. The van der Waals surface area contributed by atoms with Gasteiger partial charge in [0.15, 0.2) is 11.2 Å². The monoisotopic (exact) mass is 298 g/mol. The summed E-state index contributed by atoms with van der Waals surface area (Å²) < 4.78 is 7.43. The number of nitrogens with zero attached hydrogens (tertiary/aromatic N) is 4. The van der Waals surface area contributed by atoms with Gasteiger partial charge in [0.25, 0.3) is 0 Å². The normalized spacial score (nSPS) is 20.9. The molecule has 0 aliphatic carbocycles. The lowest BCUT2D eigenvalue weighted by molar-refractivity contribution is 0.401. The zero-order valence-corrected chi connectivity index (χ0v) is 12.4. The van der Waals surface area contributed by atoms with Crippen molar-refractivity contribution in [1.82, 2.24) is 19.5 Å². The zero-order chi connectivity index (χ0) is 13.4. The quantitative estimate of drug-likeness (QED) is 0.816. The van der Waals surface area contributed by atoms with Crippen LogP contribution in [0, 0.1) is 0 Å². The van der Waals surface area contributed by atoms with E-state index in [-0.39, 0.29) is 5.38 Å². The minimum absolute atomic E-state index is 0.162. The van der Waals surface area contributed by atoms with E-state index in [1.807, 2.05) is 18.7 Å². The summed E-state index contributed by atoms with van der Waals surface area (Å²) in [6.07, 6.45) is 2.64. The Morgan fingerprint density at radius 2 is 2.37 bits per heavy atom. The first-order chi connectivity index (χ1) is 9.22. The number of aromatic nitrogens is 4. The van der Waals surface area contributed by atoms with Crippen molar-refractivity contribution in [1.29, 1.82) is 0 Å². The molecule has 3 rings (SSSR count). The van der Waals surface area contributed by atoms with Crippen molar-refractivity contribution in [2.45, 2.75) is 24.8 Å². The second kappa shape index (κ2) is 5.17. The predicted molar refractivity (Wildman–Crippen MR) is 77.1 cm³/mol. The molecule has 0 radical (unpaired) electrons. The van der Waals surface area contributed by atoms with Gasteiger partial charge in [-0.1, -0.05) is 0 Å². The van der Waals surface area contributed by atoms with Crippen LogP contribution in [0.1, 0.15) is 30.6 Å². The third-order valence-electron chi connectivity index (χ3n) is 3.29. The highest BCUT2D eigenvalue weighted by molar-refractivity contribution is 7.99. The molecule has 2 aromatic rings. The lowest BCUT2D eigenvalue weighted by atomic mass is 10.2. The van der Waals surface area contributed by atoms with Crippen LogP contribution >= 0.6 is 23.4 Å². The van der Waals surface area contributed by atoms with E-state index >= 15 is 0 Å². The summed E-state index contributed by atoms with van der Waals surface area (Å²) in [6.45, 7) is 1.93. The minimum atomic E-state index is -0.162. The highest BCUT2D eigenvalue weighted by atomic mass is 35.5. The second-order valence-corrected chi connectivity index (χ2v) is 6.33. The SMILES string of the molecule is COc1ncnc2c1nc(C(C)Cl)n2C1CCSC1. The second-order valence-electron chi connectivity index (χ2n) is 4.53. The fourth-order valence-corrected chi connectivity index (χ4v) is 3.77. The minimum Gasteiger partial charge on any atom is -0.479 e. The summed E-state index contributed by atoms with van der Waals surface area (Å²) in [7, 11) is 1.59. The van der Waals surface area contributed by atoms with E-state index < -0.39 is 0 Å². The maximum absolute atomic E-state index is 6.27. The number of ether oxygens (including phenoxy) is 1. The smallest absolute Gasteiger partial charge is 0.245 e. The molecule has 102 valence electrons. The standard InChI is InChI=1S/C12H15ClN4OS/c1-7(13)10-16-9-11(14-6-15-12(9)18-2)17(10)8-3-4-19-5-8/h6-8H,3-5H2,1-2H3. The van der Waals surface area contributed by atoms with E-state index in [2.05, 4.69) is 19.5 Å². The topological polar surface area (TPSA) is 52.8 Å². The summed E-state index contributed by atoms with van der Waals surface area (Å²) in [6, 6.07) is 0.408. The van der Waals surface area contributed by atoms with Gasteiger partial charge in [-0.25, -0.2) is 9.97 Å². The van der Waals surface area contributed by atoms with Crippen molar-refractivity contribution < 1.29 is 4.74 Å². The van der Waals surface area contributed by atoms with E-state index in [9.17, 15) is 0 Å². The summed E-state index contributed by atoms with van der Waals surface area (Å²) in [4.78, 5) is 13.1. The van der Waals surface area contributed by atoms with Crippen LogP contribution in [-0.4, -0.2) is 38.1 Å². The molecule has 0 amide bonds. The molecular formula is C12H15ClN4OS. The Balaban J connectivity index is 2.23. The van der Waals surface area contributed by atoms with Gasteiger partial charge >= 0.3 is 0 Å². The molecule has 0 saturated carbocycles. The molecule has 1 saturated heterocycles. The van der Waals surface area contributed by atoms with Gasteiger partial charge in [0.1, 0.15) is 12.2 Å². The number of fused-ring (bicyclic) bond motifs is 1. The van der Waals surface area contributed by atoms with Crippen molar-refractivity contribution in [3.63, 3.8) is 0 Å². The van der Waals surface area contributed by atoms with Crippen LogP contribution in [0.3, 0.4) is 0 Å². The van der Waals surface area contributed by atoms with Crippen molar-refractivity contribution in [3.8, 4) is 5.88 Å². The van der Waals surface area contributed by atoms with Gasteiger partial charge in [0.05, 0.1) is 12.5 Å². The molecule has 7 heteroatoms. The number of methoxy groups -OCH3 is 1. The van der Waals surface area contributed by atoms with Crippen LogP contribution in [0.5, 0.6) is 5.88 Å². The third kappa shape index (κ3) is 2.17. The summed E-state index contributed by atoms with van der Waals surface area (Å²) in [5, 5.41) is -0.162. The summed E-state index contributed by atoms with van der Waals surface area (Å²) in [5.41, 5.74) is 1.52. The van der Waals surface area contributed by atoms with Gasteiger partial charge in [-0.2, -0.15) is 16.7 Å². The van der Waals surface area contributed by atoms with Gasteiger partial charge in [0, 0.05) is 11.8 Å². The maximum atomic E-state index is 6.27. The average Bonchev–Trinajstić information content (AvgIpc) is 3.04. The highest BCUT2D eigenvalue weighted by Crippen LogP contribution is 2.35. The number of hydrogen-bond donors (Lipinski definition) is 0. The Kier molecular flexibility index (Phi) is 3.54. The molecule has 2 unspecified atom stereocenters. The molecular weight excluding hydrogens is 284 g/mol. The first-order valence-corrected chi connectivity index (χ1v) is 7.80. The summed E-state index contributed by atoms with van der Waals surface area (Å²) in [5.74, 6) is 3.60. The van der Waals surface area contributed by atoms with Gasteiger partial charge < -0.3 is 9.30 Å². The molecule has 1 fully saturated rings.